The van der Waals surface area contributed by atoms with E-state index in [1.54, 1.807) is 0 Å². The van der Waals surface area contributed by atoms with Crippen LogP contribution in [0.2, 0.25) is 0 Å². The summed E-state index contributed by atoms with van der Waals surface area (Å²) in [6, 6.07) is -2.36. The molecule has 1 saturated carbocycles. The minimum atomic E-state index is -1.40. The quantitative estimate of drug-likeness (QED) is 0.193. The molecule has 0 aromatic heterocycles. The molecular weight excluding hydrogens is 438 g/mol. The fraction of sp³-hybridized carbons (Fsp3) is 0.667. The van der Waals surface area contributed by atoms with E-state index in [0.29, 0.717) is 12.8 Å². The van der Waals surface area contributed by atoms with Gasteiger partial charge in [0.2, 0.25) is 17.7 Å². The zero-order valence-corrected chi connectivity index (χ0v) is 18.2. The molecule has 0 spiro atoms. The van der Waals surface area contributed by atoms with Gasteiger partial charge in [-0.3, -0.25) is 24.0 Å². The van der Waals surface area contributed by atoms with Gasteiger partial charge in [0, 0.05) is 24.8 Å². The van der Waals surface area contributed by atoms with Gasteiger partial charge in [0.05, 0.1) is 18.6 Å². The smallest absolute Gasteiger partial charge is 0.303 e. The molecule has 0 aromatic rings. The molecular formula is C21H31N3O9. The lowest BCUT2D eigenvalue weighted by Crippen LogP contribution is -2.52. The van der Waals surface area contributed by atoms with Crippen molar-refractivity contribution in [1.29, 1.82) is 0 Å². The third-order valence-electron chi connectivity index (χ3n) is 6.21. The minimum Gasteiger partial charge on any atom is -0.481 e. The van der Waals surface area contributed by atoms with Gasteiger partial charge in [-0.05, 0) is 24.7 Å². The van der Waals surface area contributed by atoms with Gasteiger partial charge >= 0.3 is 11.9 Å². The van der Waals surface area contributed by atoms with Crippen molar-refractivity contribution in [3.8, 4) is 0 Å². The largest absolute Gasteiger partial charge is 0.481 e. The summed E-state index contributed by atoms with van der Waals surface area (Å²) in [7, 11) is 0. The summed E-state index contributed by atoms with van der Waals surface area (Å²) >= 11 is 0. The first kappa shape index (κ1) is 26.3. The van der Waals surface area contributed by atoms with Crippen LogP contribution in [0.1, 0.15) is 57.8 Å². The third kappa shape index (κ3) is 7.53. The molecule has 184 valence electrons. The summed E-state index contributed by atoms with van der Waals surface area (Å²) in [5.41, 5.74) is 4.53. The minimum absolute atomic E-state index is 0.0132. The number of aliphatic hydroxyl groups is 2. The predicted octanol–water partition coefficient (Wildman–Crippen LogP) is -1.22. The number of rotatable bonds is 11. The SMILES string of the molecule is NC(=O)[C@H](CCC(=O)O)NC(=O)C1=C[C@@H](NC(=O)CC2(CC(=O)O)CCCC2)[C@@H](O)[C@H](O)C1. The molecule has 33 heavy (non-hydrogen) atoms. The van der Waals surface area contributed by atoms with Gasteiger partial charge in [0.15, 0.2) is 0 Å². The Bertz CT molecular complexity index is 820. The van der Waals surface area contributed by atoms with Crippen molar-refractivity contribution in [2.75, 3.05) is 0 Å². The van der Waals surface area contributed by atoms with E-state index in [4.69, 9.17) is 10.8 Å². The summed E-state index contributed by atoms with van der Waals surface area (Å²) in [6.45, 7) is 0. The van der Waals surface area contributed by atoms with E-state index in [0.717, 1.165) is 12.8 Å². The van der Waals surface area contributed by atoms with Crippen LogP contribution in [0.25, 0.3) is 0 Å². The molecule has 8 N–H and O–H groups in total. The van der Waals surface area contributed by atoms with E-state index in [9.17, 15) is 39.3 Å². The first-order valence-corrected chi connectivity index (χ1v) is 10.8. The Morgan fingerprint density at radius 1 is 1.06 bits per heavy atom. The summed E-state index contributed by atoms with van der Waals surface area (Å²) in [5.74, 6) is -4.39. The number of hydrogen-bond acceptors (Lipinski definition) is 7. The van der Waals surface area contributed by atoms with Gasteiger partial charge in [-0.1, -0.05) is 18.9 Å². The molecule has 0 saturated heterocycles. The average molecular weight is 469 g/mol. The van der Waals surface area contributed by atoms with Crippen molar-refractivity contribution in [3.05, 3.63) is 11.6 Å². The van der Waals surface area contributed by atoms with E-state index in [1.165, 1.54) is 6.08 Å². The van der Waals surface area contributed by atoms with Crippen molar-refractivity contribution < 1.29 is 44.4 Å². The molecule has 12 nitrogen and oxygen atoms in total. The van der Waals surface area contributed by atoms with Crippen molar-refractivity contribution in [2.45, 2.75) is 82.1 Å². The second kappa shape index (κ2) is 11.2. The highest BCUT2D eigenvalue weighted by Crippen LogP contribution is 2.44. The molecule has 0 aliphatic heterocycles. The van der Waals surface area contributed by atoms with Crippen LogP contribution >= 0.6 is 0 Å². The van der Waals surface area contributed by atoms with Crippen molar-refractivity contribution in [1.82, 2.24) is 10.6 Å². The standard InChI is InChI=1S/C21H31N3O9/c22-19(32)12(3-4-16(27)28)24-20(33)11-7-13(18(31)14(25)8-11)23-15(26)9-21(10-17(29)30)5-1-2-6-21/h7,12-14,18,25,31H,1-6,8-10H2,(H2,22,32)(H,23,26)(H,24,33)(H,27,28)(H,29,30)/t12-,13+,14+,18+/m0/s1. The number of carbonyl (C=O) groups is 5. The number of aliphatic hydroxyl groups excluding tert-OH is 2. The summed E-state index contributed by atoms with van der Waals surface area (Å²) in [6.07, 6.45) is 0.217. The second-order valence-electron chi connectivity index (χ2n) is 8.86. The Kier molecular flexibility index (Phi) is 8.94. The summed E-state index contributed by atoms with van der Waals surface area (Å²) in [4.78, 5) is 58.8. The molecule has 1 fully saturated rings. The summed E-state index contributed by atoms with van der Waals surface area (Å²) in [5, 5.41) is 43.3. The lowest BCUT2D eigenvalue weighted by molar-refractivity contribution is -0.141. The maximum atomic E-state index is 12.7. The number of nitrogens with two attached hydrogens (primary N) is 1. The number of carboxylic acids is 2. The molecule has 12 heteroatoms. The van der Waals surface area contributed by atoms with E-state index in [-0.39, 0.29) is 31.3 Å². The highest BCUT2D eigenvalue weighted by molar-refractivity contribution is 5.97. The lowest BCUT2D eigenvalue weighted by atomic mass is 9.79. The Hall–Kier alpha value is -2.99. The Morgan fingerprint density at radius 3 is 2.24 bits per heavy atom. The molecule has 0 aromatic carbocycles. The molecule has 3 amide bonds. The molecule has 0 unspecified atom stereocenters. The van der Waals surface area contributed by atoms with Crippen LogP contribution < -0.4 is 16.4 Å². The van der Waals surface area contributed by atoms with Crippen LogP contribution in [0.4, 0.5) is 0 Å². The molecule has 2 aliphatic carbocycles. The maximum Gasteiger partial charge on any atom is 0.303 e. The molecule has 4 atom stereocenters. The van der Waals surface area contributed by atoms with Crippen LogP contribution in [0.3, 0.4) is 0 Å². The Labute approximate surface area is 190 Å². The van der Waals surface area contributed by atoms with E-state index in [2.05, 4.69) is 10.6 Å². The first-order chi connectivity index (χ1) is 15.4. The topological polar surface area (TPSA) is 216 Å². The highest BCUT2D eigenvalue weighted by Gasteiger charge is 2.40. The first-order valence-electron chi connectivity index (χ1n) is 10.8. The van der Waals surface area contributed by atoms with E-state index < -0.39 is 65.8 Å². The lowest BCUT2D eigenvalue weighted by Gasteiger charge is -2.33. The molecule has 0 radical (unpaired) electrons. The number of carboxylic acid groups (broad SMARTS) is 2. The Balaban J connectivity index is 2.09. The summed E-state index contributed by atoms with van der Waals surface area (Å²) < 4.78 is 0. The zero-order chi connectivity index (χ0) is 24.8. The normalized spacial score (nSPS) is 24.9. The molecule has 0 bridgehead atoms. The van der Waals surface area contributed by atoms with Gasteiger partial charge in [0.25, 0.3) is 0 Å². The van der Waals surface area contributed by atoms with Crippen molar-refractivity contribution in [2.24, 2.45) is 11.1 Å². The number of carbonyl (C=O) groups excluding carboxylic acids is 3. The van der Waals surface area contributed by atoms with E-state index >= 15 is 0 Å². The number of amides is 3. The molecule has 0 heterocycles. The van der Waals surface area contributed by atoms with Crippen LogP contribution in [0, 0.1) is 5.41 Å². The Morgan fingerprint density at radius 2 is 1.70 bits per heavy atom. The number of nitrogens with one attached hydrogen (secondary N) is 2. The van der Waals surface area contributed by atoms with Gasteiger partial charge in [0.1, 0.15) is 12.1 Å². The van der Waals surface area contributed by atoms with Gasteiger partial charge in [-0.2, -0.15) is 0 Å². The van der Waals surface area contributed by atoms with Crippen molar-refractivity contribution >= 4 is 29.7 Å². The number of primary amides is 1. The maximum absolute atomic E-state index is 12.7. The average Bonchev–Trinajstić information content (AvgIpc) is 3.14. The third-order valence-corrected chi connectivity index (χ3v) is 6.21. The molecule has 2 aliphatic rings. The van der Waals surface area contributed by atoms with Crippen LogP contribution in [-0.4, -0.2) is 74.4 Å². The second-order valence-corrected chi connectivity index (χ2v) is 8.86. The van der Waals surface area contributed by atoms with Crippen LogP contribution in [0.15, 0.2) is 11.6 Å². The molecule has 2 rings (SSSR count). The van der Waals surface area contributed by atoms with Crippen LogP contribution in [0.5, 0.6) is 0 Å². The van der Waals surface area contributed by atoms with E-state index in [1.807, 2.05) is 0 Å². The van der Waals surface area contributed by atoms with Gasteiger partial charge < -0.3 is 36.8 Å². The monoisotopic (exact) mass is 469 g/mol. The zero-order valence-electron chi connectivity index (χ0n) is 18.2. The van der Waals surface area contributed by atoms with Crippen LogP contribution in [-0.2, 0) is 24.0 Å². The van der Waals surface area contributed by atoms with Gasteiger partial charge in [-0.15, -0.1) is 0 Å². The fourth-order valence-corrected chi connectivity index (χ4v) is 4.51. The number of hydrogen-bond donors (Lipinski definition) is 7. The predicted molar refractivity (Wildman–Crippen MR) is 112 cm³/mol. The highest BCUT2D eigenvalue weighted by atomic mass is 16.4. The fourth-order valence-electron chi connectivity index (χ4n) is 4.51. The van der Waals surface area contributed by atoms with Crippen molar-refractivity contribution in [3.63, 3.8) is 0 Å². The van der Waals surface area contributed by atoms with Gasteiger partial charge in [-0.25, -0.2) is 0 Å². The number of aliphatic carboxylic acids is 2.